The molecule has 0 radical (unpaired) electrons. The molecule has 0 saturated carbocycles. The maximum atomic E-state index is 13.7. The molecular formula is C27H27N3O3. The van der Waals surface area contributed by atoms with Crippen LogP contribution in [0.4, 0.5) is 11.4 Å². The molecule has 0 bridgehead atoms. The van der Waals surface area contributed by atoms with Gasteiger partial charge in [0.05, 0.1) is 6.04 Å². The smallest absolute Gasteiger partial charge is 0.254 e. The highest BCUT2D eigenvalue weighted by Crippen LogP contribution is 2.27. The van der Waals surface area contributed by atoms with E-state index in [0.717, 1.165) is 11.1 Å². The molecule has 6 heteroatoms. The zero-order chi connectivity index (χ0) is 23.8. The molecule has 3 aromatic rings. The summed E-state index contributed by atoms with van der Waals surface area (Å²) in [5, 5.41) is 5.48. The van der Waals surface area contributed by atoms with Gasteiger partial charge in [0.2, 0.25) is 11.8 Å². The van der Waals surface area contributed by atoms with Crippen molar-refractivity contribution in [2.75, 3.05) is 10.6 Å². The van der Waals surface area contributed by atoms with Gasteiger partial charge in [0.1, 0.15) is 0 Å². The Hall–Kier alpha value is -4.19. The van der Waals surface area contributed by atoms with Crippen LogP contribution in [-0.2, 0) is 16.1 Å². The van der Waals surface area contributed by atoms with Gasteiger partial charge in [-0.15, -0.1) is 0 Å². The first kappa shape index (κ1) is 23.5. The second-order valence-electron chi connectivity index (χ2n) is 7.68. The Bertz CT molecular complexity index is 1160. The van der Waals surface area contributed by atoms with E-state index in [-0.39, 0.29) is 23.8 Å². The number of amides is 3. The summed E-state index contributed by atoms with van der Waals surface area (Å²) in [7, 11) is 0. The predicted molar refractivity (Wildman–Crippen MR) is 131 cm³/mol. The predicted octanol–water partition coefficient (Wildman–Crippen LogP) is 5.17. The first-order valence-electron chi connectivity index (χ1n) is 10.6. The van der Waals surface area contributed by atoms with Crippen molar-refractivity contribution < 1.29 is 14.4 Å². The van der Waals surface area contributed by atoms with Crippen molar-refractivity contribution in [3.05, 3.63) is 108 Å². The average Bonchev–Trinajstić information content (AvgIpc) is 2.82. The number of nitrogens with one attached hydrogen (secondary N) is 2. The van der Waals surface area contributed by atoms with E-state index in [1.54, 1.807) is 29.2 Å². The van der Waals surface area contributed by atoms with E-state index in [1.807, 2.05) is 61.5 Å². The molecule has 33 heavy (non-hydrogen) atoms. The van der Waals surface area contributed by atoms with E-state index in [1.165, 1.54) is 13.0 Å². The zero-order valence-electron chi connectivity index (χ0n) is 18.7. The van der Waals surface area contributed by atoms with Gasteiger partial charge in [-0.2, -0.15) is 0 Å². The molecule has 2 N–H and O–H groups in total. The van der Waals surface area contributed by atoms with E-state index in [2.05, 4.69) is 17.2 Å². The minimum Gasteiger partial charge on any atom is -0.328 e. The maximum absolute atomic E-state index is 13.7. The van der Waals surface area contributed by atoms with Crippen molar-refractivity contribution in [2.24, 2.45) is 0 Å². The van der Waals surface area contributed by atoms with E-state index >= 15 is 0 Å². The molecule has 0 aliphatic heterocycles. The normalized spacial score (nSPS) is 11.2. The number of carbonyl (C=O) groups is 3. The summed E-state index contributed by atoms with van der Waals surface area (Å²) in [6, 6.07) is 23.8. The second kappa shape index (κ2) is 10.9. The van der Waals surface area contributed by atoms with Crippen LogP contribution in [0.2, 0.25) is 0 Å². The van der Waals surface area contributed by atoms with Crippen LogP contribution in [0.3, 0.4) is 0 Å². The molecule has 6 nitrogen and oxygen atoms in total. The Morgan fingerprint density at radius 3 is 2.24 bits per heavy atom. The highest BCUT2D eigenvalue weighted by molar-refractivity contribution is 6.01. The van der Waals surface area contributed by atoms with Crippen molar-refractivity contribution in [3.63, 3.8) is 0 Å². The molecule has 3 amide bonds. The highest BCUT2D eigenvalue weighted by atomic mass is 16.2. The van der Waals surface area contributed by atoms with Crippen LogP contribution in [0.25, 0.3) is 0 Å². The summed E-state index contributed by atoms with van der Waals surface area (Å²) in [4.78, 5) is 38.6. The van der Waals surface area contributed by atoms with Crippen molar-refractivity contribution in [1.29, 1.82) is 0 Å². The third-order valence-electron chi connectivity index (χ3n) is 5.18. The van der Waals surface area contributed by atoms with Gasteiger partial charge >= 0.3 is 0 Å². The number of benzene rings is 3. The topological polar surface area (TPSA) is 78.5 Å². The Morgan fingerprint density at radius 1 is 0.909 bits per heavy atom. The van der Waals surface area contributed by atoms with Crippen LogP contribution in [0, 0.1) is 0 Å². The SMILES string of the molecule is C=CC(=O)Nc1cccc(C(=O)N(Cc2ccccc2)C(C)c2cccc(NC(C)=O)c2)c1. The quantitative estimate of drug-likeness (QED) is 0.473. The van der Waals surface area contributed by atoms with Gasteiger partial charge in [-0.3, -0.25) is 14.4 Å². The van der Waals surface area contributed by atoms with Gasteiger partial charge in [-0.1, -0.05) is 55.1 Å². The van der Waals surface area contributed by atoms with E-state index in [4.69, 9.17) is 0 Å². The molecule has 1 atom stereocenters. The Morgan fingerprint density at radius 2 is 1.58 bits per heavy atom. The Kier molecular flexibility index (Phi) is 7.76. The van der Waals surface area contributed by atoms with Crippen LogP contribution < -0.4 is 10.6 Å². The van der Waals surface area contributed by atoms with Crippen molar-refractivity contribution in [3.8, 4) is 0 Å². The number of nitrogens with zero attached hydrogens (tertiary/aromatic N) is 1. The van der Waals surface area contributed by atoms with Gasteiger partial charge < -0.3 is 15.5 Å². The fraction of sp³-hybridized carbons (Fsp3) is 0.148. The second-order valence-corrected chi connectivity index (χ2v) is 7.68. The molecule has 0 aromatic heterocycles. The zero-order valence-corrected chi connectivity index (χ0v) is 18.7. The number of hydrogen-bond acceptors (Lipinski definition) is 3. The molecule has 168 valence electrons. The van der Waals surface area contributed by atoms with Crippen molar-refractivity contribution in [1.82, 2.24) is 4.90 Å². The summed E-state index contributed by atoms with van der Waals surface area (Å²) in [5.74, 6) is -0.676. The Balaban J connectivity index is 1.95. The van der Waals surface area contributed by atoms with E-state index in [0.29, 0.717) is 23.5 Å². The van der Waals surface area contributed by atoms with Crippen LogP contribution in [0.15, 0.2) is 91.5 Å². The molecule has 0 aliphatic rings. The van der Waals surface area contributed by atoms with Gasteiger partial charge in [0.25, 0.3) is 5.91 Å². The lowest BCUT2D eigenvalue weighted by Crippen LogP contribution is -2.33. The standard InChI is InChI=1S/C27H27N3O3/c1-4-26(32)29-25-15-9-13-23(17-25)27(33)30(18-21-10-6-5-7-11-21)19(2)22-12-8-14-24(16-22)28-20(3)31/h4-17,19H,1,18H2,2-3H3,(H,28,31)(H,29,32). The van der Waals surface area contributed by atoms with Crippen molar-refractivity contribution in [2.45, 2.75) is 26.4 Å². The molecule has 0 saturated heterocycles. The largest absolute Gasteiger partial charge is 0.328 e. The number of hydrogen-bond donors (Lipinski definition) is 2. The van der Waals surface area contributed by atoms with E-state index < -0.39 is 0 Å². The molecule has 0 fully saturated rings. The van der Waals surface area contributed by atoms with E-state index in [9.17, 15) is 14.4 Å². The molecule has 1 unspecified atom stereocenters. The molecular weight excluding hydrogens is 414 g/mol. The van der Waals surface area contributed by atoms with Gasteiger partial charge in [0, 0.05) is 30.4 Å². The molecule has 0 heterocycles. The lowest BCUT2D eigenvalue weighted by atomic mass is 10.0. The summed E-state index contributed by atoms with van der Waals surface area (Å²) in [6.45, 7) is 7.27. The van der Waals surface area contributed by atoms with Gasteiger partial charge in [0.15, 0.2) is 0 Å². The van der Waals surface area contributed by atoms with Gasteiger partial charge in [-0.25, -0.2) is 0 Å². The number of anilines is 2. The first-order chi connectivity index (χ1) is 15.9. The maximum Gasteiger partial charge on any atom is 0.254 e. The fourth-order valence-corrected chi connectivity index (χ4v) is 3.51. The molecule has 0 aliphatic carbocycles. The minimum absolute atomic E-state index is 0.157. The van der Waals surface area contributed by atoms with Crippen LogP contribution >= 0.6 is 0 Å². The number of rotatable bonds is 8. The van der Waals surface area contributed by atoms with Crippen LogP contribution in [-0.4, -0.2) is 22.6 Å². The van der Waals surface area contributed by atoms with Crippen LogP contribution in [0.5, 0.6) is 0 Å². The van der Waals surface area contributed by atoms with Gasteiger partial charge in [-0.05, 0) is 54.5 Å². The average molecular weight is 442 g/mol. The summed E-state index contributed by atoms with van der Waals surface area (Å²) >= 11 is 0. The summed E-state index contributed by atoms with van der Waals surface area (Å²) in [5.41, 5.74) is 3.53. The summed E-state index contributed by atoms with van der Waals surface area (Å²) < 4.78 is 0. The lowest BCUT2D eigenvalue weighted by molar-refractivity contribution is -0.114. The molecule has 3 aromatic carbocycles. The summed E-state index contributed by atoms with van der Waals surface area (Å²) in [6.07, 6.45) is 1.18. The van der Waals surface area contributed by atoms with Crippen molar-refractivity contribution >= 4 is 29.1 Å². The first-order valence-corrected chi connectivity index (χ1v) is 10.6. The third-order valence-corrected chi connectivity index (χ3v) is 5.18. The third kappa shape index (κ3) is 6.40. The Labute approximate surface area is 193 Å². The molecule has 3 rings (SSSR count). The lowest BCUT2D eigenvalue weighted by Gasteiger charge is -2.30. The molecule has 0 spiro atoms. The highest BCUT2D eigenvalue weighted by Gasteiger charge is 2.24. The fourth-order valence-electron chi connectivity index (χ4n) is 3.51. The monoisotopic (exact) mass is 441 g/mol. The number of carbonyl (C=O) groups excluding carboxylic acids is 3. The minimum atomic E-state index is -0.344. The van der Waals surface area contributed by atoms with Crippen LogP contribution in [0.1, 0.15) is 41.4 Å².